The number of para-hydroxylation sites is 1. The van der Waals surface area contributed by atoms with Crippen molar-refractivity contribution in [2.24, 2.45) is 0 Å². The van der Waals surface area contributed by atoms with Crippen LogP contribution in [0.3, 0.4) is 0 Å². The molecule has 2 rings (SSSR count). The van der Waals surface area contributed by atoms with Crippen molar-refractivity contribution in [1.29, 1.82) is 0 Å². The summed E-state index contributed by atoms with van der Waals surface area (Å²) in [5.74, 6) is 1.98. The fourth-order valence-electron chi connectivity index (χ4n) is 1.86. The first-order valence-corrected chi connectivity index (χ1v) is 6.21. The van der Waals surface area contributed by atoms with E-state index in [1.54, 1.807) is 7.11 Å². The topological polar surface area (TPSA) is 34.4 Å². The zero-order chi connectivity index (χ0) is 12.8. The highest BCUT2D eigenvalue weighted by Gasteiger charge is 2.03. The molecule has 0 aliphatic carbocycles. The second-order valence-electron chi connectivity index (χ2n) is 4.17. The number of rotatable bonds is 6. The summed E-state index contributed by atoms with van der Waals surface area (Å²) in [6, 6.07) is 12.2. The summed E-state index contributed by atoms with van der Waals surface area (Å²) in [7, 11) is 1.71. The zero-order valence-electron chi connectivity index (χ0n) is 10.9. The van der Waals surface area contributed by atoms with Crippen LogP contribution in [0.4, 0.5) is 5.69 Å². The standard InChI is InChI=1S/C15H19NO2/c1-3-13-8-9-14(18-13)10-16-15-7-5-4-6-12(15)11-17-2/h4-9,16H,3,10-11H2,1-2H3. The van der Waals surface area contributed by atoms with E-state index >= 15 is 0 Å². The van der Waals surface area contributed by atoms with E-state index in [-0.39, 0.29) is 0 Å². The van der Waals surface area contributed by atoms with E-state index in [0.717, 1.165) is 29.2 Å². The molecular weight excluding hydrogens is 226 g/mol. The van der Waals surface area contributed by atoms with Gasteiger partial charge in [-0.05, 0) is 18.2 Å². The Morgan fingerprint density at radius 1 is 1.11 bits per heavy atom. The SMILES string of the molecule is CCc1ccc(CNc2ccccc2COC)o1. The van der Waals surface area contributed by atoms with Gasteiger partial charge in [-0.1, -0.05) is 25.1 Å². The smallest absolute Gasteiger partial charge is 0.123 e. The first-order chi connectivity index (χ1) is 8.83. The Balaban J connectivity index is 2.01. The van der Waals surface area contributed by atoms with Gasteiger partial charge >= 0.3 is 0 Å². The van der Waals surface area contributed by atoms with Gasteiger partial charge < -0.3 is 14.5 Å². The van der Waals surface area contributed by atoms with E-state index < -0.39 is 0 Å². The summed E-state index contributed by atoms with van der Waals surface area (Å²) < 4.78 is 10.8. The molecule has 1 heterocycles. The fourth-order valence-corrected chi connectivity index (χ4v) is 1.86. The van der Waals surface area contributed by atoms with Crippen LogP contribution in [0.15, 0.2) is 40.8 Å². The van der Waals surface area contributed by atoms with Gasteiger partial charge in [0.05, 0.1) is 13.2 Å². The molecule has 0 atom stereocenters. The summed E-state index contributed by atoms with van der Waals surface area (Å²) in [4.78, 5) is 0. The number of aryl methyl sites for hydroxylation is 1. The highest BCUT2D eigenvalue weighted by atomic mass is 16.5. The molecule has 96 valence electrons. The summed E-state index contributed by atoms with van der Waals surface area (Å²) in [5, 5.41) is 3.38. The molecule has 0 saturated heterocycles. The molecule has 0 bridgehead atoms. The van der Waals surface area contributed by atoms with Crippen LogP contribution in [-0.2, 0) is 24.3 Å². The Kier molecular flexibility index (Phi) is 4.42. The summed E-state index contributed by atoms with van der Waals surface area (Å²) in [6.45, 7) is 3.40. The van der Waals surface area contributed by atoms with Crippen LogP contribution in [0, 0.1) is 0 Å². The molecule has 1 aromatic heterocycles. The number of benzene rings is 1. The van der Waals surface area contributed by atoms with Crippen LogP contribution in [0.25, 0.3) is 0 Å². The van der Waals surface area contributed by atoms with Crippen molar-refractivity contribution in [3.63, 3.8) is 0 Å². The van der Waals surface area contributed by atoms with Crippen LogP contribution in [-0.4, -0.2) is 7.11 Å². The first-order valence-electron chi connectivity index (χ1n) is 6.21. The van der Waals surface area contributed by atoms with Crippen LogP contribution in [0.2, 0.25) is 0 Å². The molecule has 1 N–H and O–H groups in total. The lowest BCUT2D eigenvalue weighted by Crippen LogP contribution is -2.02. The van der Waals surface area contributed by atoms with Crippen molar-refractivity contribution in [3.05, 3.63) is 53.5 Å². The van der Waals surface area contributed by atoms with E-state index in [0.29, 0.717) is 13.2 Å². The number of anilines is 1. The van der Waals surface area contributed by atoms with Gasteiger partial charge in [0.25, 0.3) is 0 Å². The van der Waals surface area contributed by atoms with Crippen molar-refractivity contribution in [3.8, 4) is 0 Å². The van der Waals surface area contributed by atoms with Crippen molar-refractivity contribution in [2.45, 2.75) is 26.5 Å². The minimum atomic E-state index is 0.613. The number of nitrogens with one attached hydrogen (secondary N) is 1. The monoisotopic (exact) mass is 245 g/mol. The highest BCUT2D eigenvalue weighted by Crippen LogP contribution is 2.17. The second kappa shape index (κ2) is 6.26. The maximum Gasteiger partial charge on any atom is 0.123 e. The maximum atomic E-state index is 5.66. The van der Waals surface area contributed by atoms with Gasteiger partial charge in [-0.2, -0.15) is 0 Å². The normalized spacial score (nSPS) is 10.6. The summed E-state index contributed by atoms with van der Waals surface area (Å²) >= 11 is 0. The average Bonchev–Trinajstić information content (AvgIpc) is 2.86. The molecule has 3 nitrogen and oxygen atoms in total. The molecular formula is C15H19NO2. The third-order valence-electron chi connectivity index (χ3n) is 2.84. The molecule has 0 amide bonds. The molecule has 0 radical (unpaired) electrons. The van der Waals surface area contributed by atoms with Crippen LogP contribution >= 0.6 is 0 Å². The molecule has 3 heteroatoms. The number of hydrogen-bond donors (Lipinski definition) is 1. The Morgan fingerprint density at radius 3 is 2.61 bits per heavy atom. The van der Waals surface area contributed by atoms with E-state index in [2.05, 4.69) is 24.4 Å². The van der Waals surface area contributed by atoms with Crippen molar-refractivity contribution >= 4 is 5.69 Å². The Labute approximate surface area is 108 Å². The summed E-state index contributed by atoms with van der Waals surface area (Å²) in [6.07, 6.45) is 0.931. The van der Waals surface area contributed by atoms with Crippen LogP contribution in [0.5, 0.6) is 0 Å². The highest BCUT2D eigenvalue weighted by molar-refractivity contribution is 5.50. The van der Waals surface area contributed by atoms with Gasteiger partial charge in [0.2, 0.25) is 0 Å². The van der Waals surface area contributed by atoms with E-state index in [1.807, 2.05) is 24.3 Å². The predicted octanol–water partition coefficient (Wildman–Crippen LogP) is 3.60. The Bertz CT molecular complexity index is 491. The first kappa shape index (κ1) is 12.7. The molecule has 0 aliphatic rings. The van der Waals surface area contributed by atoms with Gasteiger partial charge in [-0.25, -0.2) is 0 Å². The van der Waals surface area contributed by atoms with Gasteiger partial charge in [-0.15, -0.1) is 0 Å². The molecule has 0 spiro atoms. The molecule has 0 unspecified atom stereocenters. The van der Waals surface area contributed by atoms with Gasteiger partial charge in [0, 0.05) is 24.8 Å². The Hall–Kier alpha value is -1.74. The third kappa shape index (κ3) is 3.14. The summed E-state index contributed by atoms with van der Waals surface area (Å²) in [5.41, 5.74) is 2.25. The van der Waals surface area contributed by atoms with Gasteiger partial charge in [0.1, 0.15) is 11.5 Å². The van der Waals surface area contributed by atoms with Gasteiger partial charge in [0.15, 0.2) is 0 Å². The average molecular weight is 245 g/mol. The van der Waals surface area contributed by atoms with Crippen molar-refractivity contribution in [1.82, 2.24) is 0 Å². The third-order valence-corrected chi connectivity index (χ3v) is 2.84. The maximum absolute atomic E-state index is 5.66. The quantitative estimate of drug-likeness (QED) is 0.844. The predicted molar refractivity (Wildman–Crippen MR) is 72.6 cm³/mol. The van der Waals surface area contributed by atoms with Gasteiger partial charge in [-0.3, -0.25) is 0 Å². The molecule has 0 saturated carbocycles. The van der Waals surface area contributed by atoms with Crippen LogP contribution < -0.4 is 5.32 Å². The van der Waals surface area contributed by atoms with Crippen molar-refractivity contribution < 1.29 is 9.15 Å². The lowest BCUT2D eigenvalue weighted by Gasteiger charge is -2.10. The number of furan rings is 1. The minimum absolute atomic E-state index is 0.613. The lowest BCUT2D eigenvalue weighted by atomic mass is 10.2. The fraction of sp³-hybridized carbons (Fsp3) is 0.333. The number of ether oxygens (including phenoxy) is 1. The minimum Gasteiger partial charge on any atom is -0.464 e. The largest absolute Gasteiger partial charge is 0.464 e. The molecule has 0 fully saturated rings. The molecule has 0 aliphatic heterocycles. The number of hydrogen-bond acceptors (Lipinski definition) is 3. The van der Waals surface area contributed by atoms with Crippen molar-refractivity contribution in [2.75, 3.05) is 12.4 Å². The molecule has 18 heavy (non-hydrogen) atoms. The lowest BCUT2D eigenvalue weighted by molar-refractivity contribution is 0.185. The molecule has 1 aromatic carbocycles. The Morgan fingerprint density at radius 2 is 1.89 bits per heavy atom. The number of methoxy groups -OCH3 is 1. The van der Waals surface area contributed by atoms with E-state index in [1.165, 1.54) is 0 Å². The second-order valence-corrected chi connectivity index (χ2v) is 4.17. The van der Waals surface area contributed by atoms with E-state index in [9.17, 15) is 0 Å². The molecule has 2 aromatic rings. The van der Waals surface area contributed by atoms with Crippen LogP contribution in [0.1, 0.15) is 24.0 Å². The van der Waals surface area contributed by atoms with E-state index in [4.69, 9.17) is 9.15 Å². The zero-order valence-corrected chi connectivity index (χ0v) is 10.9.